The van der Waals surface area contributed by atoms with E-state index in [0.717, 1.165) is 49.7 Å². The number of carbonyl (C=O) groups is 1. The van der Waals surface area contributed by atoms with E-state index in [0.29, 0.717) is 5.56 Å². The molecule has 1 N–H and O–H groups in total. The number of nitrogens with zero attached hydrogens (tertiary/aromatic N) is 3. The molecule has 0 atom stereocenters. The fourth-order valence-corrected chi connectivity index (χ4v) is 3.77. The van der Waals surface area contributed by atoms with Crippen molar-refractivity contribution < 1.29 is 9.53 Å². The van der Waals surface area contributed by atoms with Gasteiger partial charge in [0.05, 0.1) is 24.6 Å². The predicted octanol–water partition coefficient (Wildman–Crippen LogP) is 3.35. The van der Waals surface area contributed by atoms with Gasteiger partial charge in [-0.15, -0.1) is 0 Å². The zero-order chi connectivity index (χ0) is 20.2. The predicted molar refractivity (Wildman–Crippen MR) is 113 cm³/mol. The maximum Gasteiger partial charge on any atom is 0.257 e. The van der Waals surface area contributed by atoms with Crippen molar-refractivity contribution in [2.45, 2.75) is 13.5 Å². The van der Waals surface area contributed by atoms with E-state index < -0.39 is 0 Å². The molecular formula is C23H26N4O2. The van der Waals surface area contributed by atoms with Gasteiger partial charge in [0.1, 0.15) is 5.75 Å². The highest BCUT2D eigenvalue weighted by atomic mass is 16.5. The molecule has 150 valence electrons. The van der Waals surface area contributed by atoms with Gasteiger partial charge in [0.25, 0.3) is 5.91 Å². The van der Waals surface area contributed by atoms with Crippen molar-refractivity contribution in [2.75, 3.05) is 33.3 Å². The van der Waals surface area contributed by atoms with Crippen molar-refractivity contribution in [3.63, 3.8) is 0 Å². The molecule has 1 aliphatic heterocycles. The van der Waals surface area contributed by atoms with Gasteiger partial charge >= 0.3 is 0 Å². The average molecular weight is 390 g/mol. The first-order valence-corrected chi connectivity index (χ1v) is 9.89. The van der Waals surface area contributed by atoms with Crippen LogP contribution in [-0.4, -0.2) is 59.2 Å². The fraction of sp³-hybridized carbons (Fsp3) is 0.304. The molecule has 4 rings (SSSR count). The van der Waals surface area contributed by atoms with Crippen LogP contribution in [0.1, 0.15) is 21.5 Å². The monoisotopic (exact) mass is 390 g/mol. The van der Waals surface area contributed by atoms with E-state index in [-0.39, 0.29) is 5.91 Å². The van der Waals surface area contributed by atoms with Crippen molar-refractivity contribution >= 4 is 5.91 Å². The SMILES string of the molecule is COc1ccc(-c2[nH]ncc2C(=O)N2CCN(Cc3cccc(C)c3)CC2)cc1. The first-order valence-electron chi connectivity index (χ1n) is 9.89. The van der Waals surface area contributed by atoms with Gasteiger partial charge in [-0.1, -0.05) is 29.8 Å². The number of nitrogens with one attached hydrogen (secondary N) is 1. The Bertz CT molecular complexity index is 973. The summed E-state index contributed by atoms with van der Waals surface area (Å²) in [5.41, 5.74) is 4.88. The summed E-state index contributed by atoms with van der Waals surface area (Å²) >= 11 is 0. The van der Waals surface area contributed by atoms with Crippen molar-refractivity contribution in [1.29, 1.82) is 0 Å². The fourth-order valence-electron chi connectivity index (χ4n) is 3.77. The third-order valence-corrected chi connectivity index (χ3v) is 5.40. The normalized spacial score (nSPS) is 14.8. The Morgan fingerprint density at radius 1 is 1.10 bits per heavy atom. The van der Waals surface area contributed by atoms with Crippen LogP contribution in [0.4, 0.5) is 0 Å². The number of aryl methyl sites for hydroxylation is 1. The van der Waals surface area contributed by atoms with Crippen molar-refractivity contribution in [1.82, 2.24) is 20.0 Å². The van der Waals surface area contributed by atoms with Gasteiger partial charge in [-0.3, -0.25) is 14.8 Å². The van der Waals surface area contributed by atoms with Gasteiger partial charge in [-0.25, -0.2) is 0 Å². The van der Waals surface area contributed by atoms with E-state index in [1.54, 1.807) is 13.3 Å². The van der Waals surface area contributed by atoms with Gasteiger partial charge in [0.2, 0.25) is 0 Å². The van der Waals surface area contributed by atoms with E-state index in [4.69, 9.17) is 4.74 Å². The number of aromatic nitrogens is 2. The summed E-state index contributed by atoms with van der Waals surface area (Å²) in [4.78, 5) is 17.4. The van der Waals surface area contributed by atoms with Crippen LogP contribution < -0.4 is 4.74 Å². The second-order valence-electron chi connectivity index (χ2n) is 7.44. The number of H-pyrrole nitrogens is 1. The van der Waals surface area contributed by atoms with Crippen molar-refractivity contribution in [3.8, 4) is 17.0 Å². The van der Waals surface area contributed by atoms with E-state index in [1.807, 2.05) is 29.2 Å². The lowest BCUT2D eigenvalue weighted by atomic mass is 10.1. The Balaban J connectivity index is 1.40. The molecule has 1 amide bonds. The second kappa shape index (κ2) is 8.49. The zero-order valence-electron chi connectivity index (χ0n) is 16.9. The number of methoxy groups -OCH3 is 1. The lowest BCUT2D eigenvalue weighted by Gasteiger charge is -2.34. The average Bonchev–Trinajstić information content (AvgIpc) is 3.24. The molecular weight excluding hydrogens is 364 g/mol. The number of hydrogen-bond acceptors (Lipinski definition) is 4. The van der Waals surface area contributed by atoms with Crippen LogP contribution in [0.25, 0.3) is 11.3 Å². The minimum absolute atomic E-state index is 0.0276. The smallest absolute Gasteiger partial charge is 0.257 e. The molecule has 0 bridgehead atoms. The summed E-state index contributed by atoms with van der Waals surface area (Å²) in [6, 6.07) is 16.2. The molecule has 1 aromatic heterocycles. The molecule has 0 saturated carbocycles. The molecule has 2 aromatic carbocycles. The molecule has 1 aliphatic rings. The molecule has 0 aliphatic carbocycles. The van der Waals surface area contributed by atoms with Crippen LogP contribution in [0.3, 0.4) is 0 Å². The minimum atomic E-state index is 0.0276. The first-order chi connectivity index (χ1) is 14.1. The number of ether oxygens (including phenoxy) is 1. The third-order valence-electron chi connectivity index (χ3n) is 5.40. The van der Waals surface area contributed by atoms with Crippen molar-refractivity contribution in [2.24, 2.45) is 0 Å². The van der Waals surface area contributed by atoms with E-state index >= 15 is 0 Å². The highest BCUT2D eigenvalue weighted by Gasteiger charge is 2.25. The quantitative estimate of drug-likeness (QED) is 0.726. The van der Waals surface area contributed by atoms with Crippen LogP contribution in [0.15, 0.2) is 54.7 Å². The van der Waals surface area contributed by atoms with Crippen LogP contribution in [0.2, 0.25) is 0 Å². The number of amides is 1. The topological polar surface area (TPSA) is 61.5 Å². The summed E-state index contributed by atoms with van der Waals surface area (Å²) < 4.78 is 5.21. The molecule has 0 spiro atoms. The summed E-state index contributed by atoms with van der Waals surface area (Å²) in [6.45, 7) is 6.22. The summed E-state index contributed by atoms with van der Waals surface area (Å²) in [5, 5.41) is 7.10. The lowest BCUT2D eigenvalue weighted by molar-refractivity contribution is 0.0629. The van der Waals surface area contributed by atoms with Crippen LogP contribution in [0.5, 0.6) is 5.75 Å². The van der Waals surface area contributed by atoms with E-state index in [9.17, 15) is 4.79 Å². The molecule has 3 aromatic rings. The Morgan fingerprint density at radius 3 is 2.55 bits per heavy atom. The van der Waals surface area contributed by atoms with E-state index in [2.05, 4.69) is 46.3 Å². The van der Waals surface area contributed by atoms with Gasteiger partial charge < -0.3 is 9.64 Å². The highest BCUT2D eigenvalue weighted by Crippen LogP contribution is 2.25. The molecule has 29 heavy (non-hydrogen) atoms. The Kier molecular flexibility index (Phi) is 5.62. The van der Waals surface area contributed by atoms with Crippen molar-refractivity contribution in [3.05, 3.63) is 71.4 Å². The summed E-state index contributed by atoms with van der Waals surface area (Å²) in [6.07, 6.45) is 1.63. The van der Waals surface area contributed by atoms with E-state index in [1.165, 1.54) is 11.1 Å². The number of aromatic amines is 1. The highest BCUT2D eigenvalue weighted by molar-refractivity contribution is 5.99. The summed E-state index contributed by atoms with van der Waals surface area (Å²) in [7, 11) is 1.64. The first kappa shape index (κ1) is 19.2. The molecule has 6 nitrogen and oxygen atoms in total. The number of benzene rings is 2. The third kappa shape index (κ3) is 4.32. The Labute approximate surface area is 171 Å². The number of carbonyl (C=O) groups excluding carboxylic acids is 1. The lowest BCUT2D eigenvalue weighted by Crippen LogP contribution is -2.48. The molecule has 2 heterocycles. The van der Waals surface area contributed by atoms with Crippen LogP contribution >= 0.6 is 0 Å². The second-order valence-corrected chi connectivity index (χ2v) is 7.44. The Morgan fingerprint density at radius 2 is 1.86 bits per heavy atom. The van der Waals surface area contributed by atoms with Gasteiger partial charge in [0, 0.05) is 38.3 Å². The molecule has 1 fully saturated rings. The maximum atomic E-state index is 13.1. The number of piperazine rings is 1. The molecule has 1 saturated heterocycles. The Hall–Kier alpha value is -3.12. The molecule has 6 heteroatoms. The van der Waals surface area contributed by atoms with Gasteiger partial charge in [-0.05, 0) is 36.8 Å². The molecule has 0 unspecified atom stereocenters. The zero-order valence-corrected chi connectivity index (χ0v) is 16.9. The van der Waals surface area contributed by atoms with Crippen LogP contribution in [-0.2, 0) is 6.54 Å². The van der Waals surface area contributed by atoms with Gasteiger partial charge in [0.15, 0.2) is 0 Å². The van der Waals surface area contributed by atoms with Crippen LogP contribution in [0, 0.1) is 6.92 Å². The molecule has 0 radical (unpaired) electrons. The number of hydrogen-bond donors (Lipinski definition) is 1. The standard InChI is InChI=1S/C23H26N4O2/c1-17-4-3-5-18(14-17)16-26-10-12-27(13-11-26)23(28)21-15-24-25-22(21)19-6-8-20(29-2)9-7-19/h3-9,14-15H,10-13,16H2,1-2H3,(H,24,25). The van der Waals surface area contributed by atoms with Gasteiger partial charge in [-0.2, -0.15) is 5.10 Å². The minimum Gasteiger partial charge on any atom is -0.497 e. The summed E-state index contributed by atoms with van der Waals surface area (Å²) in [5.74, 6) is 0.811. The maximum absolute atomic E-state index is 13.1. The number of rotatable bonds is 5. The largest absolute Gasteiger partial charge is 0.497 e.